The second-order valence-corrected chi connectivity index (χ2v) is 5.27. The van der Waals surface area contributed by atoms with Gasteiger partial charge < -0.3 is 10.5 Å². The van der Waals surface area contributed by atoms with E-state index in [0.717, 1.165) is 6.42 Å². The number of hydrogen-bond acceptors (Lipinski definition) is 5. The number of nitrogen functional groups attached to an aromatic ring is 1. The van der Waals surface area contributed by atoms with Gasteiger partial charge in [-0.1, -0.05) is 19.1 Å². The van der Waals surface area contributed by atoms with Crippen molar-refractivity contribution in [1.82, 2.24) is 15.0 Å². The molecule has 0 saturated carbocycles. The number of anilines is 1. The van der Waals surface area contributed by atoms with Gasteiger partial charge in [0, 0.05) is 5.56 Å². The van der Waals surface area contributed by atoms with E-state index in [1.165, 1.54) is 6.07 Å². The third kappa shape index (κ3) is 3.06. The van der Waals surface area contributed by atoms with E-state index in [0.29, 0.717) is 28.2 Å². The first-order valence-corrected chi connectivity index (χ1v) is 7.44. The molecule has 3 aromatic rings. The third-order valence-electron chi connectivity index (χ3n) is 3.57. The molecular formula is C17H17FN4O. The van der Waals surface area contributed by atoms with Gasteiger partial charge in [0.05, 0.1) is 17.3 Å². The highest BCUT2D eigenvalue weighted by Crippen LogP contribution is 2.27. The minimum Gasteiger partial charge on any atom is -0.473 e. The summed E-state index contributed by atoms with van der Waals surface area (Å²) in [5, 5.41) is 0. The van der Waals surface area contributed by atoms with E-state index < -0.39 is 0 Å². The number of pyridine rings is 1. The van der Waals surface area contributed by atoms with Gasteiger partial charge in [0.1, 0.15) is 5.82 Å². The Kier molecular flexibility index (Phi) is 4.06. The summed E-state index contributed by atoms with van der Waals surface area (Å²) in [7, 11) is 0. The van der Waals surface area contributed by atoms with Crippen LogP contribution in [0.3, 0.4) is 0 Å². The maximum absolute atomic E-state index is 14.0. The molecule has 1 aromatic carbocycles. The molecule has 2 N–H and O–H groups in total. The highest BCUT2D eigenvalue weighted by Gasteiger charge is 2.14. The maximum atomic E-state index is 14.0. The Hall–Kier alpha value is -2.76. The van der Waals surface area contributed by atoms with Gasteiger partial charge >= 0.3 is 0 Å². The van der Waals surface area contributed by atoms with Crippen LogP contribution < -0.4 is 10.5 Å². The van der Waals surface area contributed by atoms with Crippen LogP contribution in [-0.2, 0) is 0 Å². The van der Waals surface area contributed by atoms with Gasteiger partial charge in [-0.3, -0.25) is 0 Å². The van der Waals surface area contributed by atoms with Crippen LogP contribution in [0.1, 0.15) is 20.3 Å². The zero-order chi connectivity index (χ0) is 16.4. The molecule has 118 valence electrons. The first-order valence-electron chi connectivity index (χ1n) is 7.44. The molecule has 3 rings (SSSR count). The zero-order valence-corrected chi connectivity index (χ0v) is 13.0. The van der Waals surface area contributed by atoms with Crippen LogP contribution in [0, 0.1) is 5.82 Å². The number of rotatable bonds is 4. The smallest absolute Gasteiger partial charge is 0.245 e. The summed E-state index contributed by atoms with van der Waals surface area (Å²) in [6.07, 6.45) is 0.782. The fourth-order valence-corrected chi connectivity index (χ4v) is 2.18. The van der Waals surface area contributed by atoms with Crippen LogP contribution in [0.15, 0.2) is 36.4 Å². The van der Waals surface area contributed by atoms with E-state index in [1.807, 2.05) is 13.8 Å². The average molecular weight is 312 g/mol. The molecular weight excluding hydrogens is 295 g/mol. The normalized spacial score (nSPS) is 12.3. The van der Waals surface area contributed by atoms with Crippen LogP contribution in [0.2, 0.25) is 0 Å². The predicted molar refractivity (Wildman–Crippen MR) is 87.5 cm³/mol. The average Bonchev–Trinajstić information content (AvgIpc) is 2.55. The second-order valence-electron chi connectivity index (χ2n) is 5.27. The van der Waals surface area contributed by atoms with E-state index in [2.05, 4.69) is 15.0 Å². The van der Waals surface area contributed by atoms with E-state index in [9.17, 15) is 4.39 Å². The minimum atomic E-state index is -0.333. The number of nitrogens with two attached hydrogens (primary N) is 1. The highest BCUT2D eigenvalue weighted by molar-refractivity contribution is 5.83. The van der Waals surface area contributed by atoms with E-state index >= 15 is 0 Å². The Balaban J connectivity index is 2.16. The van der Waals surface area contributed by atoms with Crippen molar-refractivity contribution in [1.29, 1.82) is 0 Å². The summed E-state index contributed by atoms with van der Waals surface area (Å²) < 4.78 is 19.8. The SMILES string of the molecule is CCC(C)Oc1nc(N)nc2ccc(-c3ccccc3F)nc12. The first kappa shape index (κ1) is 15.1. The molecule has 0 fully saturated rings. The summed E-state index contributed by atoms with van der Waals surface area (Å²) in [6, 6.07) is 9.93. The van der Waals surface area contributed by atoms with Crippen LogP contribution in [-0.4, -0.2) is 21.1 Å². The number of ether oxygens (including phenoxy) is 1. The van der Waals surface area contributed by atoms with Gasteiger partial charge in [-0.25, -0.2) is 14.4 Å². The van der Waals surface area contributed by atoms with Gasteiger partial charge in [0.15, 0.2) is 5.52 Å². The van der Waals surface area contributed by atoms with Crippen molar-refractivity contribution in [2.24, 2.45) is 0 Å². The van der Waals surface area contributed by atoms with Crippen LogP contribution in [0.25, 0.3) is 22.3 Å². The molecule has 5 nitrogen and oxygen atoms in total. The molecule has 23 heavy (non-hydrogen) atoms. The summed E-state index contributed by atoms with van der Waals surface area (Å²) in [5.74, 6) is 0.108. The van der Waals surface area contributed by atoms with Gasteiger partial charge in [0.25, 0.3) is 0 Å². The van der Waals surface area contributed by atoms with Gasteiger partial charge in [-0.05, 0) is 37.6 Å². The van der Waals surface area contributed by atoms with Crippen molar-refractivity contribution in [2.75, 3.05) is 5.73 Å². The van der Waals surface area contributed by atoms with E-state index in [4.69, 9.17) is 10.5 Å². The molecule has 0 amide bonds. The monoisotopic (exact) mass is 312 g/mol. The lowest BCUT2D eigenvalue weighted by Crippen LogP contribution is -2.12. The molecule has 2 aromatic heterocycles. The van der Waals surface area contributed by atoms with Crippen LogP contribution >= 0.6 is 0 Å². The molecule has 0 aliphatic carbocycles. The molecule has 1 unspecified atom stereocenters. The molecule has 0 bridgehead atoms. The number of aromatic nitrogens is 3. The van der Waals surface area contributed by atoms with Crippen molar-refractivity contribution < 1.29 is 9.13 Å². The molecule has 6 heteroatoms. The first-order chi connectivity index (χ1) is 11.1. The Morgan fingerprint density at radius 2 is 1.91 bits per heavy atom. The number of fused-ring (bicyclic) bond motifs is 1. The zero-order valence-electron chi connectivity index (χ0n) is 13.0. The lowest BCUT2D eigenvalue weighted by atomic mass is 10.1. The molecule has 0 aliphatic rings. The minimum absolute atomic E-state index is 0.0357. The number of benzene rings is 1. The number of hydrogen-bond donors (Lipinski definition) is 1. The highest BCUT2D eigenvalue weighted by atomic mass is 19.1. The largest absolute Gasteiger partial charge is 0.473 e. The maximum Gasteiger partial charge on any atom is 0.245 e. The molecule has 0 aliphatic heterocycles. The molecule has 2 heterocycles. The summed E-state index contributed by atoms with van der Waals surface area (Å²) in [6.45, 7) is 3.94. The van der Waals surface area contributed by atoms with Crippen LogP contribution in [0.5, 0.6) is 5.88 Å². The van der Waals surface area contributed by atoms with Crippen LogP contribution in [0.4, 0.5) is 10.3 Å². The van der Waals surface area contributed by atoms with Crippen molar-refractivity contribution in [3.8, 4) is 17.1 Å². The molecule has 0 spiro atoms. The third-order valence-corrected chi connectivity index (χ3v) is 3.57. The molecule has 0 saturated heterocycles. The molecule has 1 atom stereocenters. The van der Waals surface area contributed by atoms with E-state index in [-0.39, 0.29) is 17.9 Å². The van der Waals surface area contributed by atoms with Crippen molar-refractivity contribution >= 4 is 17.0 Å². The molecule has 0 radical (unpaired) electrons. The predicted octanol–water partition coefficient (Wildman–Crippen LogP) is 3.59. The van der Waals surface area contributed by atoms with E-state index in [1.54, 1.807) is 30.3 Å². The number of nitrogens with zero attached hydrogens (tertiary/aromatic N) is 3. The lowest BCUT2D eigenvalue weighted by Gasteiger charge is -2.13. The fourth-order valence-electron chi connectivity index (χ4n) is 2.18. The number of halogens is 1. The Labute approximate surface area is 133 Å². The summed E-state index contributed by atoms with van der Waals surface area (Å²) in [5.41, 5.74) is 7.68. The van der Waals surface area contributed by atoms with Crippen molar-refractivity contribution in [3.05, 3.63) is 42.2 Å². The van der Waals surface area contributed by atoms with Crippen molar-refractivity contribution in [3.63, 3.8) is 0 Å². The van der Waals surface area contributed by atoms with Gasteiger partial charge in [-0.15, -0.1) is 0 Å². The fraction of sp³-hybridized carbons (Fsp3) is 0.235. The second kappa shape index (κ2) is 6.16. The topological polar surface area (TPSA) is 73.9 Å². The Morgan fingerprint density at radius 3 is 2.65 bits per heavy atom. The lowest BCUT2D eigenvalue weighted by molar-refractivity contribution is 0.211. The standard InChI is InChI=1S/C17H17FN4O/c1-3-10(2)23-16-15-14(21-17(19)22-16)9-8-13(20-15)11-6-4-5-7-12(11)18/h4-10H,3H2,1-2H3,(H2,19,21,22). The summed E-state index contributed by atoms with van der Waals surface area (Å²) in [4.78, 5) is 12.8. The quantitative estimate of drug-likeness (QED) is 0.797. The Bertz CT molecular complexity index is 853. The van der Waals surface area contributed by atoms with Gasteiger partial charge in [-0.2, -0.15) is 4.98 Å². The summed E-state index contributed by atoms with van der Waals surface area (Å²) >= 11 is 0. The Morgan fingerprint density at radius 1 is 1.13 bits per heavy atom. The van der Waals surface area contributed by atoms with Crippen molar-refractivity contribution in [2.45, 2.75) is 26.4 Å². The van der Waals surface area contributed by atoms with Gasteiger partial charge in [0.2, 0.25) is 11.8 Å².